The highest BCUT2D eigenvalue weighted by atomic mass is 16.5. The van der Waals surface area contributed by atoms with Crippen LogP contribution in [0.3, 0.4) is 0 Å². The Labute approximate surface area is 177 Å². The van der Waals surface area contributed by atoms with Crippen LogP contribution < -0.4 is 10.1 Å². The smallest absolute Gasteiger partial charge is 0.119 e. The molecular formula is C25H26N4O. The van der Waals surface area contributed by atoms with E-state index in [1.54, 1.807) is 7.11 Å². The van der Waals surface area contributed by atoms with Crippen molar-refractivity contribution in [2.24, 2.45) is 0 Å². The lowest BCUT2D eigenvalue weighted by molar-refractivity contribution is 0.415. The minimum atomic E-state index is 0.742. The number of ether oxygens (including phenoxy) is 1. The Balaban J connectivity index is 1.52. The fourth-order valence-corrected chi connectivity index (χ4v) is 3.44. The lowest BCUT2D eigenvalue weighted by Gasteiger charge is -2.06. The number of pyridine rings is 1. The first-order chi connectivity index (χ1) is 14.8. The summed E-state index contributed by atoms with van der Waals surface area (Å²) < 4.78 is 7.42. The third-order valence-corrected chi connectivity index (χ3v) is 4.97. The zero-order chi connectivity index (χ0) is 20.6. The summed E-state index contributed by atoms with van der Waals surface area (Å²) in [6, 6.07) is 24.5. The number of methoxy groups -OCH3 is 1. The summed E-state index contributed by atoms with van der Waals surface area (Å²) in [4.78, 5) is 4.39. The Morgan fingerprint density at radius 3 is 2.63 bits per heavy atom. The molecule has 0 aliphatic heterocycles. The Bertz CT molecular complexity index is 1060. The van der Waals surface area contributed by atoms with Crippen LogP contribution in [0.5, 0.6) is 5.75 Å². The number of nitrogens with zero attached hydrogens (tertiary/aromatic N) is 3. The second-order valence-electron chi connectivity index (χ2n) is 7.17. The molecule has 0 fully saturated rings. The monoisotopic (exact) mass is 398 g/mol. The highest BCUT2D eigenvalue weighted by molar-refractivity contribution is 5.64. The maximum Gasteiger partial charge on any atom is 0.119 e. The largest absolute Gasteiger partial charge is 0.497 e. The van der Waals surface area contributed by atoms with Gasteiger partial charge >= 0.3 is 0 Å². The number of benzene rings is 2. The molecule has 0 unspecified atom stereocenters. The molecule has 0 atom stereocenters. The van der Waals surface area contributed by atoms with Crippen LogP contribution in [0, 0.1) is 0 Å². The highest BCUT2D eigenvalue weighted by Crippen LogP contribution is 2.26. The minimum Gasteiger partial charge on any atom is -0.497 e. The van der Waals surface area contributed by atoms with Gasteiger partial charge in [0.15, 0.2) is 0 Å². The van der Waals surface area contributed by atoms with E-state index in [0.29, 0.717) is 0 Å². The van der Waals surface area contributed by atoms with E-state index in [1.165, 1.54) is 11.1 Å². The molecule has 0 bridgehead atoms. The fraction of sp³-hybridized carbons (Fsp3) is 0.200. The molecule has 0 saturated carbocycles. The molecule has 0 amide bonds. The average molecular weight is 399 g/mol. The first-order valence-corrected chi connectivity index (χ1v) is 10.2. The maximum absolute atomic E-state index is 5.41. The molecular weight excluding hydrogens is 372 g/mol. The molecule has 2 heterocycles. The van der Waals surface area contributed by atoms with Gasteiger partial charge in [-0.25, -0.2) is 0 Å². The Kier molecular flexibility index (Phi) is 6.52. The van der Waals surface area contributed by atoms with Crippen molar-refractivity contribution in [3.63, 3.8) is 0 Å². The molecule has 0 aliphatic rings. The molecule has 1 N–H and O–H groups in total. The van der Waals surface area contributed by atoms with Gasteiger partial charge < -0.3 is 10.1 Å². The van der Waals surface area contributed by atoms with Crippen LogP contribution in [-0.2, 0) is 19.5 Å². The van der Waals surface area contributed by atoms with Gasteiger partial charge in [-0.3, -0.25) is 9.67 Å². The van der Waals surface area contributed by atoms with Crippen LogP contribution in [0.15, 0.2) is 85.2 Å². The molecule has 5 heteroatoms. The SMILES string of the molecule is COc1cccc(-c2nn(Cc3ccccc3)cc2CNCCc2ccccn2)c1. The van der Waals surface area contributed by atoms with Gasteiger partial charge in [0.25, 0.3) is 0 Å². The summed E-state index contributed by atoms with van der Waals surface area (Å²) in [5.74, 6) is 0.833. The van der Waals surface area contributed by atoms with Crippen LogP contribution in [0.2, 0.25) is 0 Å². The van der Waals surface area contributed by atoms with Gasteiger partial charge in [-0.1, -0.05) is 48.5 Å². The van der Waals surface area contributed by atoms with E-state index in [2.05, 4.69) is 52.9 Å². The minimum absolute atomic E-state index is 0.742. The average Bonchev–Trinajstić information content (AvgIpc) is 3.20. The van der Waals surface area contributed by atoms with Gasteiger partial charge in [0, 0.05) is 48.7 Å². The van der Waals surface area contributed by atoms with Crippen molar-refractivity contribution in [1.29, 1.82) is 0 Å². The third-order valence-electron chi connectivity index (χ3n) is 4.97. The first-order valence-electron chi connectivity index (χ1n) is 10.2. The number of hydrogen-bond acceptors (Lipinski definition) is 4. The number of hydrogen-bond donors (Lipinski definition) is 1. The normalized spacial score (nSPS) is 10.8. The summed E-state index contributed by atoms with van der Waals surface area (Å²) in [6.07, 6.45) is 4.87. The molecule has 4 aromatic rings. The standard InChI is InChI=1S/C25H26N4O/c1-30-24-12-7-10-21(16-24)25-22(17-26-15-13-23-11-5-6-14-27-23)19-29(28-25)18-20-8-3-2-4-9-20/h2-12,14,16,19,26H,13,15,17-18H2,1H3. The van der Waals surface area contributed by atoms with Gasteiger partial charge in [0.05, 0.1) is 19.3 Å². The van der Waals surface area contributed by atoms with Gasteiger partial charge in [0.1, 0.15) is 5.75 Å². The van der Waals surface area contributed by atoms with Crippen LogP contribution in [-0.4, -0.2) is 28.4 Å². The van der Waals surface area contributed by atoms with Gasteiger partial charge in [-0.2, -0.15) is 5.10 Å². The van der Waals surface area contributed by atoms with E-state index >= 15 is 0 Å². The van der Waals surface area contributed by atoms with Crippen molar-refractivity contribution < 1.29 is 4.74 Å². The summed E-state index contributed by atoms with van der Waals surface area (Å²) in [5, 5.41) is 8.44. The van der Waals surface area contributed by atoms with Crippen LogP contribution in [0.25, 0.3) is 11.3 Å². The van der Waals surface area contributed by atoms with Gasteiger partial charge in [-0.05, 0) is 29.8 Å². The summed E-state index contributed by atoms with van der Waals surface area (Å²) in [5.41, 5.74) is 5.53. The van der Waals surface area contributed by atoms with Crippen molar-refractivity contribution in [3.8, 4) is 17.0 Å². The molecule has 0 radical (unpaired) electrons. The molecule has 2 aromatic carbocycles. The highest BCUT2D eigenvalue weighted by Gasteiger charge is 2.12. The van der Waals surface area contributed by atoms with Crippen molar-refractivity contribution in [2.45, 2.75) is 19.5 Å². The van der Waals surface area contributed by atoms with Crippen molar-refractivity contribution in [1.82, 2.24) is 20.1 Å². The molecule has 2 aromatic heterocycles. The molecule has 30 heavy (non-hydrogen) atoms. The zero-order valence-corrected chi connectivity index (χ0v) is 17.2. The van der Waals surface area contributed by atoms with E-state index < -0.39 is 0 Å². The Morgan fingerprint density at radius 1 is 0.967 bits per heavy atom. The molecule has 0 spiro atoms. The Morgan fingerprint density at radius 2 is 1.83 bits per heavy atom. The predicted molar refractivity (Wildman–Crippen MR) is 119 cm³/mol. The summed E-state index contributed by atoms with van der Waals surface area (Å²) in [6.45, 7) is 2.35. The lowest BCUT2D eigenvalue weighted by Crippen LogP contribution is -2.17. The maximum atomic E-state index is 5.41. The second kappa shape index (κ2) is 9.85. The van der Waals surface area contributed by atoms with Crippen LogP contribution in [0.4, 0.5) is 0 Å². The van der Waals surface area contributed by atoms with E-state index in [-0.39, 0.29) is 0 Å². The fourth-order valence-electron chi connectivity index (χ4n) is 3.44. The predicted octanol–water partition coefficient (Wildman–Crippen LogP) is 4.33. The zero-order valence-electron chi connectivity index (χ0n) is 17.2. The number of nitrogens with one attached hydrogen (secondary N) is 1. The molecule has 5 nitrogen and oxygen atoms in total. The van der Waals surface area contributed by atoms with E-state index in [1.807, 2.05) is 47.3 Å². The molecule has 4 rings (SSSR count). The summed E-state index contributed by atoms with van der Waals surface area (Å²) >= 11 is 0. The summed E-state index contributed by atoms with van der Waals surface area (Å²) in [7, 11) is 1.69. The van der Waals surface area contributed by atoms with E-state index in [9.17, 15) is 0 Å². The van der Waals surface area contributed by atoms with E-state index in [0.717, 1.165) is 48.8 Å². The quantitative estimate of drug-likeness (QED) is 0.426. The number of rotatable bonds is 9. The van der Waals surface area contributed by atoms with Crippen LogP contribution >= 0.6 is 0 Å². The van der Waals surface area contributed by atoms with E-state index in [4.69, 9.17) is 9.84 Å². The molecule has 152 valence electrons. The third kappa shape index (κ3) is 5.13. The Hall–Kier alpha value is -3.44. The second-order valence-corrected chi connectivity index (χ2v) is 7.17. The number of aromatic nitrogens is 3. The van der Waals surface area contributed by atoms with Crippen molar-refractivity contribution in [3.05, 3.63) is 102 Å². The van der Waals surface area contributed by atoms with Crippen molar-refractivity contribution >= 4 is 0 Å². The van der Waals surface area contributed by atoms with Gasteiger partial charge in [0.2, 0.25) is 0 Å². The molecule has 0 aliphatic carbocycles. The van der Waals surface area contributed by atoms with Crippen LogP contribution in [0.1, 0.15) is 16.8 Å². The topological polar surface area (TPSA) is 52.0 Å². The first kappa shape index (κ1) is 19.9. The van der Waals surface area contributed by atoms with Gasteiger partial charge in [-0.15, -0.1) is 0 Å². The molecule has 0 saturated heterocycles. The van der Waals surface area contributed by atoms with Crippen molar-refractivity contribution in [2.75, 3.05) is 13.7 Å². The lowest BCUT2D eigenvalue weighted by atomic mass is 10.1.